The van der Waals surface area contributed by atoms with Crippen LogP contribution in [-0.2, 0) is 4.74 Å². The maximum absolute atomic E-state index is 5.76. The fourth-order valence-corrected chi connectivity index (χ4v) is 1.85. The van der Waals surface area contributed by atoms with E-state index in [1.165, 1.54) is 16.7 Å². The Kier molecular flexibility index (Phi) is 6.37. The van der Waals surface area contributed by atoms with Crippen LogP contribution in [-0.4, -0.2) is 20.3 Å². The molecule has 2 nitrogen and oxygen atoms in total. The van der Waals surface area contributed by atoms with Crippen molar-refractivity contribution in [3.63, 3.8) is 0 Å². The Hall–Kier alpha value is -0.860. The molecule has 0 bridgehead atoms. The van der Waals surface area contributed by atoms with Crippen LogP contribution in [0, 0.1) is 19.8 Å². The average molecular weight is 249 g/mol. The van der Waals surface area contributed by atoms with Gasteiger partial charge in [-0.3, -0.25) is 0 Å². The number of ether oxygens (including phenoxy) is 1. The molecule has 1 unspecified atom stereocenters. The lowest BCUT2D eigenvalue weighted by atomic mass is 10.0. The number of aryl methyl sites for hydroxylation is 2. The van der Waals surface area contributed by atoms with Gasteiger partial charge >= 0.3 is 0 Å². The number of hydrogen-bond acceptors (Lipinski definition) is 2. The lowest BCUT2D eigenvalue weighted by Gasteiger charge is -2.18. The Labute approximate surface area is 112 Å². The van der Waals surface area contributed by atoms with Crippen molar-refractivity contribution in [3.8, 4) is 0 Å². The van der Waals surface area contributed by atoms with Crippen molar-refractivity contribution in [2.24, 2.45) is 5.92 Å². The SMILES string of the molecule is CNC(COCCC(C)C)c1ccc(C)c(C)c1. The summed E-state index contributed by atoms with van der Waals surface area (Å²) in [5.74, 6) is 0.708. The number of rotatable bonds is 7. The first-order chi connectivity index (χ1) is 8.54. The van der Waals surface area contributed by atoms with Crippen LogP contribution in [0.4, 0.5) is 0 Å². The molecule has 1 N–H and O–H groups in total. The van der Waals surface area contributed by atoms with Gasteiger partial charge in [0.2, 0.25) is 0 Å². The third kappa shape index (κ3) is 4.79. The first-order valence-electron chi connectivity index (χ1n) is 6.86. The van der Waals surface area contributed by atoms with Crippen molar-refractivity contribution >= 4 is 0 Å². The zero-order chi connectivity index (χ0) is 13.5. The summed E-state index contributed by atoms with van der Waals surface area (Å²) in [4.78, 5) is 0. The second kappa shape index (κ2) is 7.55. The second-order valence-electron chi connectivity index (χ2n) is 5.44. The molecule has 0 aromatic heterocycles. The molecule has 1 aromatic rings. The first-order valence-corrected chi connectivity index (χ1v) is 6.86. The van der Waals surface area contributed by atoms with Crippen LogP contribution < -0.4 is 5.32 Å². The second-order valence-corrected chi connectivity index (χ2v) is 5.44. The van der Waals surface area contributed by atoms with Gasteiger partial charge in [-0.1, -0.05) is 32.0 Å². The standard InChI is InChI=1S/C16H27NO/c1-12(2)8-9-18-11-16(17-5)15-7-6-13(3)14(4)10-15/h6-7,10,12,16-17H,8-9,11H2,1-5H3. The maximum Gasteiger partial charge on any atom is 0.0661 e. The zero-order valence-electron chi connectivity index (χ0n) is 12.4. The first kappa shape index (κ1) is 15.2. The van der Waals surface area contributed by atoms with Crippen molar-refractivity contribution in [3.05, 3.63) is 34.9 Å². The van der Waals surface area contributed by atoms with Crippen molar-refractivity contribution in [2.45, 2.75) is 40.2 Å². The van der Waals surface area contributed by atoms with E-state index in [0.29, 0.717) is 5.92 Å². The molecule has 2 heteroatoms. The molecule has 0 saturated heterocycles. The van der Waals surface area contributed by atoms with Gasteiger partial charge in [0.25, 0.3) is 0 Å². The van der Waals surface area contributed by atoms with Crippen LogP contribution in [0.2, 0.25) is 0 Å². The largest absolute Gasteiger partial charge is 0.379 e. The highest BCUT2D eigenvalue weighted by Gasteiger charge is 2.10. The highest BCUT2D eigenvalue weighted by Crippen LogP contribution is 2.17. The number of nitrogens with one attached hydrogen (secondary N) is 1. The van der Waals surface area contributed by atoms with E-state index in [2.05, 4.69) is 51.2 Å². The van der Waals surface area contributed by atoms with Crippen molar-refractivity contribution < 1.29 is 4.74 Å². The molecule has 0 fully saturated rings. The maximum atomic E-state index is 5.76. The molecule has 1 atom stereocenters. The van der Waals surface area contributed by atoms with Crippen LogP contribution in [0.5, 0.6) is 0 Å². The lowest BCUT2D eigenvalue weighted by molar-refractivity contribution is 0.104. The molecular formula is C16H27NO. The Morgan fingerprint density at radius 2 is 1.89 bits per heavy atom. The van der Waals surface area contributed by atoms with Gasteiger partial charge in [-0.15, -0.1) is 0 Å². The van der Waals surface area contributed by atoms with E-state index in [4.69, 9.17) is 4.74 Å². The minimum Gasteiger partial charge on any atom is -0.379 e. The predicted octanol–water partition coefficient (Wildman–Crippen LogP) is 3.63. The molecule has 1 aromatic carbocycles. The van der Waals surface area contributed by atoms with Gasteiger partial charge in [0.1, 0.15) is 0 Å². The molecule has 102 valence electrons. The summed E-state index contributed by atoms with van der Waals surface area (Å²) in [6, 6.07) is 6.91. The fourth-order valence-electron chi connectivity index (χ4n) is 1.85. The van der Waals surface area contributed by atoms with Gasteiger partial charge in [-0.05, 0) is 49.9 Å². The molecule has 0 heterocycles. The van der Waals surface area contributed by atoms with E-state index >= 15 is 0 Å². The minimum absolute atomic E-state index is 0.288. The molecule has 18 heavy (non-hydrogen) atoms. The summed E-state index contributed by atoms with van der Waals surface area (Å²) in [5.41, 5.74) is 3.99. The minimum atomic E-state index is 0.288. The lowest BCUT2D eigenvalue weighted by Crippen LogP contribution is -2.22. The Morgan fingerprint density at radius 3 is 2.44 bits per heavy atom. The summed E-state index contributed by atoms with van der Waals surface area (Å²) in [6.07, 6.45) is 1.13. The molecule has 0 saturated carbocycles. The van der Waals surface area contributed by atoms with E-state index in [1.807, 2.05) is 7.05 Å². The van der Waals surface area contributed by atoms with Crippen LogP contribution in [0.1, 0.15) is 43.0 Å². The predicted molar refractivity (Wildman–Crippen MR) is 78.0 cm³/mol. The molecule has 0 spiro atoms. The van der Waals surface area contributed by atoms with Gasteiger partial charge < -0.3 is 10.1 Å². The zero-order valence-corrected chi connectivity index (χ0v) is 12.4. The fraction of sp³-hybridized carbons (Fsp3) is 0.625. The monoisotopic (exact) mass is 249 g/mol. The van der Waals surface area contributed by atoms with Crippen LogP contribution in [0.15, 0.2) is 18.2 Å². The Balaban J connectivity index is 2.52. The smallest absolute Gasteiger partial charge is 0.0661 e. The van der Waals surface area contributed by atoms with E-state index < -0.39 is 0 Å². The van der Waals surface area contributed by atoms with Crippen molar-refractivity contribution in [1.82, 2.24) is 5.32 Å². The van der Waals surface area contributed by atoms with Crippen molar-refractivity contribution in [1.29, 1.82) is 0 Å². The van der Waals surface area contributed by atoms with Gasteiger partial charge in [0.05, 0.1) is 12.6 Å². The molecule has 1 rings (SSSR count). The molecule has 0 radical (unpaired) electrons. The van der Waals surface area contributed by atoms with E-state index in [0.717, 1.165) is 19.6 Å². The molecule has 0 aliphatic rings. The highest BCUT2D eigenvalue weighted by molar-refractivity contribution is 5.31. The summed E-state index contributed by atoms with van der Waals surface area (Å²) in [7, 11) is 1.99. The topological polar surface area (TPSA) is 21.3 Å². The normalized spacial score (nSPS) is 13.0. The number of hydrogen-bond donors (Lipinski definition) is 1. The van der Waals surface area contributed by atoms with E-state index in [9.17, 15) is 0 Å². The summed E-state index contributed by atoms with van der Waals surface area (Å²) in [5, 5.41) is 3.33. The molecule has 0 amide bonds. The van der Waals surface area contributed by atoms with Gasteiger partial charge in [0.15, 0.2) is 0 Å². The summed E-state index contributed by atoms with van der Waals surface area (Å²) >= 11 is 0. The Morgan fingerprint density at radius 1 is 1.17 bits per heavy atom. The van der Waals surface area contributed by atoms with Crippen LogP contribution >= 0.6 is 0 Å². The van der Waals surface area contributed by atoms with Gasteiger partial charge in [-0.25, -0.2) is 0 Å². The highest BCUT2D eigenvalue weighted by atomic mass is 16.5. The van der Waals surface area contributed by atoms with E-state index in [1.54, 1.807) is 0 Å². The average Bonchev–Trinajstić information content (AvgIpc) is 2.33. The van der Waals surface area contributed by atoms with Crippen molar-refractivity contribution in [2.75, 3.05) is 20.3 Å². The van der Waals surface area contributed by atoms with Crippen LogP contribution in [0.25, 0.3) is 0 Å². The third-order valence-electron chi connectivity index (χ3n) is 3.41. The summed E-state index contributed by atoms with van der Waals surface area (Å²) < 4.78 is 5.76. The third-order valence-corrected chi connectivity index (χ3v) is 3.41. The number of benzene rings is 1. The molecule has 0 aliphatic carbocycles. The van der Waals surface area contributed by atoms with Gasteiger partial charge in [0, 0.05) is 6.61 Å². The quantitative estimate of drug-likeness (QED) is 0.745. The van der Waals surface area contributed by atoms with Crippen LogP contribution in [0.3, 0.4) is 0 Å². The molecule has 0 aliphatic heterocycles. The molecular weight excluding hydrogens is 222 g/mol. The number of likely N-dealkylation sites (N-methyl/N-ethyl adjacent to an activating group) is 1. The Bertz CT molecular complexity index is 360. The van der Waals surface area contributed by atoms with Gasteiger partial charge in [-0.2, -0.15) is 0 Å². The summed E-state index contributed by atoms with van der Waals surface area (Å²) in [6.45, 7) is 10.3. The van der Waals surface area contributed by atoms with E-state index in [-0.39, 0.29) is 6.04 Å².